The maximum Gasteiger partial charge on any atom is 0.309 e. The van der Waals surface area contributed by atoms with Crippen LogP contribution in [-0.2, 0) is 17.8 Å². The Morgan fingerprint density at radius 2 is 1.69 bits per heavy atom. The van der Waals surface area contributed by atoms with E-state index in [0.29, 0.717) is 13.0 Å². The van der Waals surface area contributed by atoms with Crippen LogP contribution in [0.15, 0.2) is 24.3 Å². The molecule has 16 heavy (non-hydrogen) atoms. The van der Waals surface area contributed by atoms with Gasteiger partial charge in [-0.05, 0) is 31.4 Å². The number of carboxylic acid groups (broad SMARTS) is 1. The molecule has 1 aromatic rings. The summed E-state index contributed by atoms with van der Waals surface area (Å²) in [5, 5.41) is 8.98. The minimum absolute atomic E-state index is 0. The summed E-state index contributed by atoms with van der Waals surface area (Å²) in [4.78, 5) is 10.9. The van der Waals surface area contributed by atoms with E-state index in [9.17, 15) is 4.79 Å². The molecule has 0 heterocycles. The van der Waals surface area contributed by atoms with Crippen molar-refractivity contribution >= 4 is 18.4 Å². The van der Waals surface area contributed by atoms with Crippen LogP contribution >= 0.6 is 12.4 Å². The van der Waals surface area contributed by atoms with Crippen molar-refractivity contribution in [2.75, 3.05) is 0 Å². The minimum atomic E-state index is -0.773. The molecule has 0 aromatic heterocycles. The van der Waals surface area contributed by atoms with Gasteiger partial charge in [0, 0.05) is 6.54 Å². The van der Waals surface area contributed by atoms with Crippen LogP contribution in [0.3, 0.4) is 0 Å². The predicted molar refractivity (Wildman–Crippen MR) is 66.7 cm³/mol. The van der Waals surface area contributed by atoms with E-state index in [2.05, 4.69) is 0 Å². The molecular formula is C12H18ClNO2. The van der Waals surface area contributed by atoms with Crippen molar-refractivity contribution in [2.24, 2.45) is 11.1 Å². The number of carboxylic acids is 1. The lowest BCUT2D eigenvalue weighted by atomic mass is 9.86. The van der Waals surface area contributed by atoms with Crippen molar-refractivity contribution in [1.29, 1.82) is 0 Å². The largest absolute Gasteiger partial charge is 0.481 e. The van der Waals surface area contributed by atoms with Gasteiger partial charge in [0.05, 0.1) is 5.41 Å². The van der Waals surface area contributed by atoms with E-state index in [1.807, 2.05) is 24.3 Å². The Labute approximate surface area is 102 Å². The zero-order valence-electron chi connectivity index (χ0n) is 9.56. The highest BCUT2D eigenvalue weighted by Gasteiger charge is 2.27. The molecule has 0 unspecified atom stereocenters. The quantitative estimate of drug-likeness (QED) is 0.852. The first kappa shape index (κ1) is 14.9. The van der Waals surface area contributed by atoms with Crippen molar-refractivity contribution < 1.29 is 9.90 Å². The number of halogens is 1. The zero-order chi connectivity index (χ0) is 11.5. The number of nitrogens with two attached hydrogens (primary N) is 1. The second kappa shape index (κ2) is 5.87. The molecule has 0 amide bonds. The van der Waals surface area contributed by atoms with Crippen molar-refractivity contribution in [2.45, 2.75) is 26.8 Å². The predicted octanol–water partition coefficient (Wildman–Crippen LogP) is 2.22. The molecule has 0 aliphatic carbocycles. The van der Waals surface area contributed by atoms with Gasteiger partial charge in [-0.2, -0.15) is 0 Å². The molecule has 0 bridgehead atoms. The monoisotopic (exact) mass is 243 g/mol. The van der Waals surface area contributed by atoms with Crippen molar-refractivity contribution in [3.63, 3.8) is 0 Å². The molecule has 3 N–H and O–H groups in total. The van der Waals surface area contributed by atoms with Crippen LogP contribution in [-0.4, -0.2) is 11.1 Å². The first-order valence-corrected chi connectivity index (χ1v) is 4.97. The number of rotatable bonds is 4. The van der Waals surface area contributed by atoms with Gasteiger partial charge in [-0.15, -0.1) is 12.4 Å². The summed E-state index contributed by atoms with van der Waals surface area (Å²) in [6, 6.07) is 7.75. The van der Waals surface area contributed by atoms with Crippen LogP contribution in [0.4, 0.5) is 0 Å². The Bertz CT molecular complexity index is 347. The molecule has 0 saturated heterocycles. The van der Waals surface area contributed by atoms with Gasteiger partial charge >= 0.3 is 5.97 Å². The number of benzene rings is 1. The van der Waals surface area contributed by atoms with Crippen LogP contribution in [0.5, 0.6) is 0 Å². The topological polar surface area (TPSA) is 63.3 Å². The molecule has 0 saturated carbocycles. The molecule has 0 aliphatic heterocycles. The van der Waals surface area contributed by atoms with Crippen molar-refractivity contribution in [1.82, 2.24) is 0 Å². The van der Waals surface area contributed by atoms with Gasteiger partial charge in [-0.25, -0.2) is 0 Å². The summed E-state index contributed by atoms with van der Waals surface area (Å²) in [5.74, 6) is -0.773. The van der Waals surface area contributed by atoms with Gasteiger partial charge < -0.3 is 10.8 Å². The van der Waals surface area contributed by atoms with Gasteiger partial charge in [0.15, 0.2) is 0 Å². The van der Waals surface area contributed by atoms with E-state index in [0.717, 1.165) is 11.1 Å². The fraction of sp³-hybridized carbons (Fsp3) is 0.417. The summed E-state index contributed by atoms with van der Waals surface area (Å²) in [7, 11) is 0. The van der Waals surface area contributed by atoms with Crippen LogP contribution in [0.2, 0.25) is 0 Å². The lowest BCUT2D eigenvalue weighted by molar-refractivity contribution is -0.146. The number of hydrogen-bond acceptors (Lipinski definition) is 2. The van der Waals surface area contributed by atoms with Crippen LogP contribution in [0, 0.1) is 5.41 Å². The maximum absolute atomic E-state index is 10.9. The Kier molecular flexibility index (Phi) is 5.48. The van der Waals surface area contributed by atoms with Gasteiger partial charge in [-0.1, -0.05) is 24.3 Å². The molecule has 3 nitrogen and oxygen atoms in total. The van der Waals surface area contributed by atoms with Crippen LogP contribution < -0.4 is 5.73 Å². The highest BCUT2D eigenvalue weighted by Crippen LogP contribution is 2.22. The lowest BCUT2D eigenvalue weighted by Crippen LogP contribution is -2.26. The normalized spacial score (nSPS) is 10.7. The van der Waals surface area contributed by atoms with Gasteiger partial charge in [0.2, 0.25) is 0 Å². The first-order valence-electron chi connectivity index (χ1n) is 4.97. The molecular weight excluding hydrogens is 226 g/mol. The summed E-state index contributed by atoms with van der Waals surface area (Å²) in [5.41, 5.74) is 6.85. The standard InChI is InChI=1S/C12H17NO2.ClH/c1-12(2,11(14)15)7-9-3-5-10(8-13)6-4-9;/h3-6H,7-8,13H2,1-2H3,(H,14,15);1H. The smallest absolute Gasteiger partial charge is 0.309 e. The van der Waals surface area contributed by atoms with E-state index in [1.54, 1.807) is 13.8 Å². The lowest BCUT2D eigenvalue weighted by Gasteiger charge is -2.18. The third-order valence-corrected chi connectivity index (χ3v) is 2.48. The average molecular weight is 244 g/mol. The van der Waals surface area contributed by atoms with Crippen molar-refractivity contribution in [3.8, 4) is 0 Å². The Morgan fingerprint density at radius 1 is 1.25 bits per heavy atom. The molecule has 0 spiro atoms. The summed E-state index contributed by atoms with van der Waals surface area (Å²) < 4.78 is 0. The SMILES string of the molecule is CC(C)(Cc1ccc(CN)cc1)C(=O)O.Cl. The Morgan fingerprint density at radius 3 is 2.06 bits per heavy atom. The molecule has 1 aromatic carbocycles. The fourth-order valence-electron chi connectivity index (χ4n) is 1.38. The van der Waals surface area contributed by atoms with Crippen molar-refractivity contribution in [3.05, 3.63) is 35.4 Å². The molecule has 4 heteroatoms. The summed E-state index contributed by atoms with van der Waals surface area (Å²) in [6.45, 7) is 3.97. The molecule has 1 rings (SSSR count). The zero-order valence-corrected chi connectivity index (χ0v) is 10.4. The van der Waals surface area contributed by atoms with Crippen LogP contribution in [0.1, 0.15) is 25.0 Å². The maximum atomic E-state index is 10.9. The number of hydrogen-bond donors (Lipinski definition) is 2. The Hall–Kier alpha value is -1.06. The second-order valence-corrected chi connectivity index (χ2v) is 4.39. The first-order chi connectivity index (χ1) is 6.95. The fourth-order valence-corrected chi connectivity index (χ4v) is 1.38. The highest BCUT2D eigenvalue weighted by molar-refractivity contribution is 5.85. The summed E-state index contributed by atoms with van der Waals surface area (Å²) in [6.07, 6.45) is 0.535. The van der Waals surface area contributed by atoms with E-state index >= 15 is 0 Å². The second-order valence-electron chi connectivity index (χ2n) is 4.39. The van der Waals surface area contributed by atoms with E-state index < -0.39 is 11.4 Å². The highest BCUT2D eigenvalue weighted by atomic mass is 35.5. The van der Waals surface area contributed by atoms with Gasteiger partial charge in [0.25, 0.3) is 0 Å². The molecule has 0 atom stereocenters. The number of carbonyl (C=O) groups is 1. The van der Waals surface area contributed by atoms with Gasteiger partial charge in [-0.3, -0.25) is 4.79 Å². The van der Waals surface area contributed by atoms with E-state index in [-0.39, 0.29) is 12.4 Å². The van der Waals surface area contributed by atoms with E-state index in [4.69, 9.17) is 10.8 Å². The van der Waals surface area contributed by atoms with Gasteiger partial charge in [0.1, 0.15) is 0 Å². The molecule has 0 radical (unpaired) electrons. The average Bonchev–Trinajstić information content (AvgIpc) is 2.18. The minimum Gasteiger partial charge on any atom is -0.481 e. The number of aliphatic carboxylic acids is 1. The third-order valence-electron chi connectivity index (χ3n) is 2.48. The molecule has 0 fully saturated rings. The van der Waals surface area contributed by atoms with E-state index in [1.165, 1.54) is 0 Å². The molecule has 0 aliphatic rings. The Balaban J connectivity index is 0.00000225. The van der Waals surface area contributed by atoms with Crippen LogP contribution in [0.25, 0.3) is 0 Å². The summed E-state index contributed by atoms with van der Waals surface area (Å²) >= 11 is 0. The third kappa shape index (κ3) is 3.83. The molecule has 90 valence electrons.